The molecule has 0 bridgehead atoms. The molecule has 0 radical (unpaired) electrons. The largest absolute Gasteiger partial charge is 0.493 e. The molecule has 0 N–H and O–H groups in total. The first-order valence-corrected chi connectivity index (χ1v) is 17.9. The molecule has 0 aliphatic carbocycles. The zero-order valence-corrected chi connectivity index (χ0v) is 31.3. The molecule has 3 heterocycles. The number of hydrogen-bond donors (Lipinski definition) is 0. The molecule has 10 heteroatoms. The fraction of sp³-hybridized carbons (Fsp3) is 0.341. The van der Waals surface area contributed by atoms with Gasteiger partial charge < -0.3 is 33.3 Å². The molecule has 51 heavy (non-hydrogen) atoms. The van der Waals surface area contributed by atoms with Crippen LogP contribution in [0.3, 0.4) is 0 Å². The van der Waals surface area contributed by atoms with Gasteiger partial charge >= 0.3 is 0 Å². The molecule has 1 aliphatic rings. The summed E-state index contributed by atoms with van der Waals surface area (Å²) in [4.78, 5) is 9.85. The number of pyridine rings is 1. The molecule has 0 unspecified atom stereocenters. The van der Waals surface area contributed by atoms with Crippen LogP contribution in [-0.2, 0) is 13.1 Å². The highest BCUT2D eigenvalue weighted by atomic mass is 32.1. The second kappa shape index (κ2) is 16.4. The third kappa shape index (κ3) is 7.87. The number of piperidine rings is 1. The van der Waals surface area contributed by atoms with Gasteiger partial charge in [-0.2, -0.15) is 0 Å². The number of rotatable bonds is 14. The first-order valence-electron chi connectivity index (χ1n) is 17.1. The Morgan fingerprint density at radius 2 is 1.29 bits per heavy atom. The van der Waals surface area contributed by atoms with Crippen LogP contribution in [0.25, 0.3) is 22.4 Å². The van der Waals surface area contributed by atoms with E-state index in [1.54, 1.807) is 42.7 Å². The molecule has 0 amide bonds. The molecule has 3 aromatic carbocycles. The van der Waals surface area contributed by atoms with Gasteiger partial charge in [0.15, 0.2) is 23.0 Å². The number of aromatic nitrogens is 1. The van der Waals surface area contributed by atoms with Crippen LogP contribution in [-0.4, -0.2) is 71.7 Å². The molecular formula is C41H47N3O6S. The van der Waals surface area contributed by atoms with Gasteiger partial charge in [-0.15, -0.1) is 11.3 Å². The van der Waals surface area contributed by atoms with E-state index >= 15 is 0 Å². The van der Waals surface area contributed by atoms with E-state index in [1.165, 1.54) is 21.7 Å². The Morgan fingerprint density at radius 1 is 0.686 bits per heavy atom. The van der Waals surface area contributed by atoms with Crippen molar-refractivity contribution in [1.29, 1.82) is 0 Å². The number of benzene rings is 3. The third-order valence-electron chi connectivity index (χ3n) is 9.56. The molecule has 6 rings (SSSR count). The Labute approximate surface area is 305 Å². The van der Waals surface area contributed by atoms with E-state index in [2.05, 4.69) is 69.6 Å². The molecule has 268 valence electrons. The zero-order valence-electron chi connectivity index (χ0n) is 30.5. The maximum atomic E-state index is 5.64. The lowest BCUT2D eigenvalue weighted by molar-refractivity contribution is 0.201. The lowest BCUT2D eigenvalue weighted by Gasteiger charge is -2.39. The minimum absolute atomic E-state index is 0.427. The number of thiophene rings is 1. The molecule has 0 spiro atoms. The van der Waals surface area contributed by atoms with Crippen LogP contribution in [0.15, 0.2) is 78.3 Å². The van der Waals surface area contributed by atoms with E-state index < -0.39 is 0 Å². The van der Waals surface area contributed by atoms with Crippen LogP contribution in [0.4, 0.5) is 5.00 Å². The minimum atomic E-state index is 0.427. The first-order chi connectivity index (χ1) is 24.9. The highest BCUT2D eigenvalue weighted by Gasteiger charge is 2.27. The Bertz CT molecular complexity index is 1890. The monoisotopic (exact) mass is 709 g/mol. The average molecular weight is 710 g/mol. The van der Waals surface area contributed by atoms with E-state index in [0.29, 0.717) is 40.5 Å². The maximum Gasteiger partial charge on any atom is 0.203 e. The third-order valence-corrected chi connectivity index (χ3v) is 10.6. The molecule has 1 fully saturated rings. The molecule has 1 aliphatic heterocycles. The van der Waals surface area contributed by atoms with Crippen molar-refractivity contribution in [1.82, 2.24) is 9.88 Å². The summed E-state index contributed by atoms with van der Waals surface area (Å²) in [6, 6.07) is 23.6. The van der Waals surface area contributed by atoms with Gasteiger partial charge in [-0.3, -0.25) is 9.88 Å². The average Bonchev–Trinajstić information content (AvgIpc) is 3.61. The predicted molar refractivity (Wildman–Crippen MR) is 204 cm³/mol. The molecule has 5 aromatic rings. The highest BCUT2D eigenvalue weighted by Crippen LogP contribution is 2.43. The van der Waals surface area contributed by atoms with Crippen molar-refractivity contribution in [3.63, 3.8) is 0 Å². The van der Waals surface area contributed by atoms with Crippen molar-refractivity contribution < 1.29 is 28.4 Å². The number of hydrogen-bond acceptors (Lipinski definition) is 10. The van der Waals surface area contributed by atoms with Gasteiger partial charge in [0.25, 0.3) is 0 Å². The van der Waals surface area contributed by atoms with Gasteiger partial charge in [0.2, 0.25) is 11.5 Å². The zero-order chi connectivity index (χ0) is 35.9. The van der Waals surface area contributed by atoms with E-state index in [1.807, 2.05) is 41.8 Å². The summed E-state index contributed by atoms with van der Waals surface area (Å²) in [7, 11) is 9.79. The van der Waals surface area contributed by atoms with Gasteiger partial charge in [0.1, 0.15) is 0 Å². The quantitative estimate of drug-likeness (QED) is 0.113. The Hall–Kier alpha value is -4.93. The Kier molecular flexibility index (Phi) is 11.5. The number of likely N-dealkylation sites (tertiary alicyclic amines) is 1. The first kappa shape index (κ1) is 35.9. The lowest BCUT2D eigenvalue weighted by Crippen LogP contribution is -2.44. The molecule has 9 nitrogen and oxygen atoms in total. The van der Waals surface area contributed by atoms with E-state index in [0.717, 1.165) is 61.4 Å². The van der Waals surface area contributed by atoms with E-state index in [4.69, 9.17) is 28.4 Å². The standard InChI is InChI=1S/C41H47N3O6S/c1-27-14-18-51-41(27)44(26-28-9-8-10-30(19-28)31-21-35(45-2)39(49-6)36(22-31)46-3)33-12-16-43(17-13-33)25-29-11-15-42-34(20-29)32-23-37(47-4)40(50-7)38(24-32)48-5/h8-11,14-15,18-24,33H,12-13,16-17,25-26H2,1-7H3. The number of anilines is 1. The van der Waals surface area contributed by atoms with Gasteiger partial charge in [-0.05, 0) is 101 Å². The molecule has 0 saturated carbocycles. The van der Waals surface area contributed by atoms with Crippen LogP contribution in [0, 0.1) is 6.92 Å². The predicted octanol–water partition coefficient (Wildman–Crippen LogP) is 8.51. The van der Waals surface area contributed by atoms with Gasteiger partial charge in [-0.1, -0.05) is 18.2 Å². The SMILES string of the molecule is COc1cc(-c2cccc(CN(c3sccc3C)C3CCN(Cc4ccnc(-c5cc(OC)c(OC)c(OC)c5)c4)CC3)c2)cc(OC)c1OC. The normalized spacial score (nSPS) is 13.5. The van der Waals surface area contributed by atoms with Gasteiger partial charge in [0, 0.05) is 44.0 Å². The topological polar surface area (TPSA) is 74.8 Å². The van der Waals surface area contributed by atoms with Crippen molar-refractivity contribution in [3.05, 3.63) is 95.0 Å². The lowest BCUT2D eigenvalue weighted by atomic mass is 9.99. The molecular weight excluding hydrogens is 663 g/mol. The summed E-state index contributed by atoms with van der Waals surface area (Å²) in [6.07, 6.45) is 4.04. The number of ether oxygens (including phenoxy) is 6. The van der Waals surface area contributed by atoms with Crippen molar-refractivity contribution in [2.45, 2.75) is 38.9 Å². The molecule has 0 atom stereocenters. The fourth-order valence-electron chi connectivity index (χ4n) is 6.93. The Balaban J connectivity index is 1.17. The van der Waals surface area contributed by atoms with Gasteiger partial charge in [-0.25, -0.2) is 0 Å². The molecule has 1 saturated heterocycles. The highest BCUT2D eigenvalue weighted by molar-refractivity contribution is 7.14. The van der Waals surface area contributed by atoms with Crippen molar-refractivity contribution >= 4 is 16.3 Å². The summed E-state index contributed by atoms with van der Waals surface area (Å²) < 4.78 is 33.5. The van der Waals surface area contributed by atoms with Crippen LogP contribution in [0.1, 0.15) is 29.5 Å². The fourth-order valence-corrected chi connectivity index (χ4v) is 7.93. The summed E-state index contributed by atoms with van der Waals surface area (Å²) in [5.41, 5.74) is 7.71. The summed E-state index contributed by atoms with van der Waals surface area (Å²) >= 11 is 1.83. The second-order valence-corrected chi connectivity index (χ2v) is 13.5. The van der Waals surface area contributed by atoms with Crippen LogP contribution in [0.5, 0.6) is 34.5 Å². The number of aryl methyl sites for hydroxylation is 1. The van der Waals surface area contributed by atoms with Crippen LogP contribution in [0.2, 0.25) is 0 Å². The van der Waals surface area contributed by atoms with Gasteiger partial charge in [0.05, 0.1) is 53.4 Å². The second-order valence-electron chi connectivity index (χ2n) is 12.6. The number of nitrogens with zero attached hydrogens (tertiary/aromatic N) is 3. The molecule has 2 aromatic heterocycles. The summed E-state index contributed by atoms with van der Waals surface area (Å²) in [6.45, 7) is 5.93. The van der Waals surface area contributed by atoms with Crippen molar-refractivity contribution in [3.8, 4) is 56.9 Å². The Morgan fingerprint density at radius 3 is 1.84 bits per heavy atom. The smallest absolute Gasteiger partial charge is 0.203 e. The van der Waals surface area contributed by atoms with Crippen LogP contribution < -0.4 is 33.3 Å². The summed E-state index contributed by atoms with van der Waals surface area (Å²) in [5.74, 6) is 3.67. The van der Waals surface area contributed by atoms with Crippen molar-refractivity contribution in [2.24, 2.45) is 0 Å². The summed E-state index contributed by atoms with van der Waals surface area (Å²) in [5, 5.41) is 3.55. The minimum Gasteiger partial charge on any atom is -0.493 e. The number of methoxy groups -OCH3 is 6. The van der Waals surface area contributed by atoms with E-state index in [-0.39, 0.29) is 0 Å². The van der Waals surface area contributed by atoms with Crippen LogP contribution >= 0.6 is 11.3 Å². The maximum absolute atomic E-state index is 5.64. The van der Waals surface area contributed by atoms with Crippen molar-refractivity contribution in [2.75, 3.05) is 60.6 Å². The van der Waals surface area contributed by atoms with E-state index in [9.17, 15) is 0 Å².